The molecule has 1 heterocycles. The second-order valence-corrected chi connectivity index (χ2v) is 3.28. The molecule has 82 valence electrons. The molecule has 1 aromatic carbocycles. The van der Waals surface area contributed by atoms with Crippen molar-refractivity contribution in [2.24, 2.45) is 0 Å². The number of benzene rings is 1. The third-order valence-corrected chi connectivity index (χ3v) is 2.25. The summed E-state index contributed by atoms with van der Waals surface area (Å²) in [6.07, 6.45) is 2.81. The van der Waals surface area contributed by atoms with Crippen molar-refractivity contribution >= 4 is 11.6 Å². The zero-order valence-corrected chi connectivity index (χ0v) is 8.64. The first kappa shape index (κ1) is 10.4. The van der Waals surface area contributed by atoms with Gasteiger partial charge in [0.2, 0.25) is 0 Å². The Morgan fingerprint density at radius 3 is 2.81 bits per heavy atom. The Bertz CT molecular complexity index is 496. The molecule has 0 saturated heterocycles. The molecular weight excluding hydrogens is 209 g/mol. The van der Waals surface area contributed by atoms with Gasteiger partial charge in [0, 0.05) is 7.05 Å². The van der Waals surface area contributed by atoms with Crippen molar-refractivity contribution in [1.82, 2.24) is 9.97 Å². The second-order valence-electron chi connectivity index (χ2n) is 3.28. The van der Waals surface area contributed by atoms with Crippen LogP contribution in [0.2, 0.25) is 0 Å². The van der Waals surface area contributed by atoms with E-state index in [1.807, 2.05) is 0 Å². The lowest BCUT2D eigenvalue weighted by atomic mass is 10.2. The molecule has 0 radical (unpaired) electrons. The summed E-state index contributed by atoms with van der Waals surface area (Å²) in [6.45, 7) is 0. The Kier molecular flexibility index (Phi) is 2.68. The number of carbonyl (C=O) groups excluding carboxylic acids is 1. The molecule has 0 aliphatic carbocycles. The van der Waals surface area contributed by atoms with Crippen LogP contribution in [0.25, 0.3) is 0 Å². The highest BCUT2D eigenvalue weighted by atomic mass is 19.1. The summed E-state index contributed by atoms with van der Waals surface area (Å²) < 4.78 is 13.4. The number of aromatic nitrogens is 2. The zero-order valence-electron chi connectivity index (χ0n) is 8.64. The summed E-state index contributed by atoms with van der Waals surface area (Å²) in [5, 5.41) is 0. The van der Waals surface area contributed by atoms with Crippen molar-refractivity contribution in [3.8, 4) is 0 Å². The van der Waals surface area contributed by atoms with Crippen LogP contribution in [0.4, 0.5) is 10.1 Å². The molecule has 0 aliphatic heterocycles. The van der Waals surface area contributed by atoms with Crippen LogP contribution >= 0.6 is 0 Å². The first-order valence-corrected chi connectivity index (χ1v) is 4.71. The van der Waals surface area contributed by atoms with E-state index in [0.29, 0.717) is 5.69 Å². The average Bonchev–Trinajstić information content (AvgIpc) is 2.81. The Balaban J connectivity index is 2.30. The van der Waals surface area contributed by atoms with E-state index in [4.69, 9.17) is 0 Å². The maximum atomic E-state index is 13.4. The van der Waals surface area contributed by atoms with Gasteiger partial charge in [0.15, 0.2) is 0 Å². The third-order valence-electron chi connectivity index (χ3n) is 2.25. The van der Waals surface area contributed by atoms with Crippen molar-refractivity contribution < 1.29 is 9.18 Å². The number of nitrogens with one attached hydrogen (secondary N) is 1. The van der Waals surface area contributed by atoms with E-state index in [1.165, 1.54) is 30.5 Å². The quantitative estimate of drug-likeness (QED) is 0.837. The van der Waals surface area contributed by atoms with Crippen molar-refractivity contribution in [2.45, 2.75) is 0 Å². The first-order valence-electron chi connectivity index (χ1n) is 4.71. The van der Waals surface area contributed by atoms with Gasteiger partial charge in [0.1, 0.15) is 11.5 Å². The molecule has 1 aromatic heterocycles. The molecule has 1 amide bonds. The number of halogens is 1. The Labute approximate surface area is 91.7 Å². The molecule has 4 nitrogen and oxygen atoms in total. The molecule has 2 rings (SSSR count). The fourth-order valence-corrected chi connectivity index (χ4v) is 1.39. The van der Waals surface area contributed by atoms with Crippen LogP contribution in [0.5, 0.6) is 0 Å². The van der Waals surface area contributed by atoms with Crippen LogP contribution in [-0.2, 0) is 0 Å². The van der Waals surface area contributed by atoms with Gasteiger partial charge >= 0.3 is 0 Å². The summed E-state index contributed by atoms with van der Waals surface area (Å²) in [5.74, 6) is -0.763. The number of para-hydroxylation sites is 1. The standard InChI is InChI=1S/C11H10FN3O/c1-15(10-5-3-2-4-8(10)12)11(16)9-6-13-7-14-9/h2-7H,1H3,(H,13,14). The molecule has 0 aliphatic rings. The fourth-order valence-electron chi connectivity index (χ4n) is 1.39. The van der Waals surface area contributed by atoms with E-state index >= 15 is 0 Å². The van der Waals surface area contributed by atoms with Gasteiger partial charge in [-0.1, -0.05) is 12.1 Å². The minimum atomic E-state index is -0.433. The van der Waals surface area contributed by atoms with Crippen LogP contribution in [0.1, 0.15) is 10.5 Å². The van der Waals surface area contributed by atoms with Crippen molar-refractivity contribution in [1.29, 1.82) is 0 Å². The largest absolute Gasteiger partial charge is 0.341 e. The van der Waals surface area contributed by atoms with Crippen LogP contribution in [0.15, 0.2) is 36.8 Å². The van der Waals surface area contributed by atoms with E-state index in [9.17, 15) is 9.18 Å². The lowest BCUT2D eigenvalue weighted by Gasteiger charge is -2.16. The number of hydrogen-bond acceptors (Lipinski definition) is 2. The lowest BCUT2D eigenvalue weighted by molar-refractivity contribution is 0.0988. The minimum absolute atomic E-state index is 0.238. The summed E-state index contributed by atoms with van der Waals surface area (Å²) in [6, 6.07) is 6.11. The molecule has 16 heavy (non-hydrogen) atoms. The molecule has 5 heteroatoms. The summed E-state index contributed by atoms with van der Waals surface area (Å²) in [7, 11) is 1.52. The van der Waals surface area contributed by atoms with Crippen LogP contribution in [0.3, 0.4) is 0 Å². The molecular formula is C11H10FN3O. The fraction of sp³-hybridized carbons (Fsp3) is 0.0909. The smallest absolute Gasteiger partial charge is 0.276 e. The number of amides is 1. The molecule has 0 atom stereocenters. The number of aromatic amines is 1. The predicted octanol–water partition coefficient (Wildman–Crippen LogP) is 1.83. The number of H-pyrrole nitrogens is 1. The number of anilines is 1. The van der Waals surface area contributed by atoms with Gasteiger partial charge in [-0.05, 0) is 12.1 Å². The summed E-state index contributed by atoms with van der Waals surface area (Å²) in [4.78, 5) is 19.5. The highest BCUT2D eigenvalue weighted by Crippen LogP contribution is 2.18. The van der Waals surface area contributed by atoms with Crippen LogP contribution < -0.4 is 4.90 Å². The normalized spacial score (nSPS) is 10.1. The molecule has 1 N–H and O–H groups in total. The summed E-state index contributed by atoms with van der Waals surface area (Å²) >= 11 is 0. The van der Waals surface area contributed by atoms with Gasteiger partial charge in [-0.2, -0.15) is 0 Å². The lowest BCUT2D eigenvalue weighted by Crippen LogP contribution is -2.27. The third kappa shape index (κ3) is 1.79. The van der Waals surface area contributed by atoms with E-state index in [-0.39, 0.29) is 11.6 Å². The Morgan fingerprint density at radius 1 is 1.44 bits per heavy atom. The molecule has 0 unspecified atom stereocenters. The van der Waals surface area contributed by atoms with Crippen LogP contribution in [0, 0.1) is 5.82 Å². The number of imidazole rings is 1. The van der Waals surface area contributed by atoms with Gasteiger partial charge in [-0.3, -0.25) is 4.79 Å². The minimum Gasteiger partial charge on any atom is -0.341 e. The molecule has 0 saturated carbocycles. The molecule has 0 bridgehead atoms. The van der Waals surface area contributed by atoms with E-state index in [2.05, 4.69) is 9.97 Å². The van der Waals surface area contributed by atoms with E-state index in [1.54, 1.807) is 18.2 Å². The van der Waals surface area contributed by atoms with Gasteiger partial charge < -0.3 is 9.88 Å². The van der Waals surface area contributed by atoms with Crippen molar-refractivity contribution in [3.05, 3.63) is 48.3 Å². The number of carbonyl (C=O) groups is 1. The predicted molar refractivity (Wildman–Crippen MR) is 57.7 cm³/mol. The highest BCUT2D eigenvalue weighted by molar-refractivity contribution is 6.04. The first-order chi connectivity index (χ1) is 7.70. The number of nitrogens with zero attached hydrogens (tertiary/aromatic N) is 2. The van der Waals surface area contributed by atoms with Crippen molar-refractivity contribution in [2.75, 3.05) is 11.9 Å². The number of hydrogen-bond donors (Lipinski definition) is 1. The molecule has 0 fully saturated rings. The average molecular weight is 219 g/mol. The SMILES string of the molecule is CN(C(=O)c1cnc[nH]1)c1ccccc1F. The van der Waals surface area contributed by atoms with Crippen LogP contribution in [-0.4, -0.2) is 22.9 Å². The molecule has 2 aromatic rings. The van der Waals surface area contributed by atoms with Gasteiger partial charge in [0.05, 0.1) is 18.2 Å². The highest BCUT2D eigenvalue weighted by Gasteiger charge is 2.16. The second kappa shape index (κ2) is 4.14. The summed E-state index contributed by atoms with van der Waals surface area (Å²) in [5.41, 5.74) is 0.563. The zero-order chi connectivity index (χ0) is 11.5. The monoisotopic (exact) mass is 219 g/mol. The van der Waals surface area contributed by atoms with Gasteiger partial charge in [-0.15, -0.1) is 0 Å². The van der Waals surface area contributed by atoms with E-state index < -0.39 is 5.82 Å². The Hall–Kier alpha value is -2.17. The van der Waals surface area contributed by atoms with E-state index in [0.717, 1.165) is 0 Å². The molecule has 0 spiro atoms. The maximum absolute atomic E-state index is 13.4. The maximum Gasteiger partial charge on any atom is 0.276 e. The topological polar surface area (TPSA) is 49.0 Å². The van der Waals surface area contributed by atoms with Crippen molar-refractivity contribution in [3.63, 3.8) is 0 Å². The number of rotatable bonds is 2. The van der Waals surface area contributed by atoms with Gasteiger partial charge in [0.25, 0.3) is 5.91 Å². The van der Waals surface area contributed by atoms with Gasteiger partial charge in [-0.25, -0.2) is 9.37 Å². The Morgan fingerprint density at radius 2 is 2.19 bits per heavy atom.